The fourth-order valence-electron chi connectivity index (χ4n) is 5.42. The van der Waals surface area contributed by atoms with E-state index in [9.17, 15) is 14.7 Å². The summed E-state index contributed by atoms with van der Waals surface area (Å²) < 4.78 is 29.3. The molecule has 4 rings (SSSR count). The first-order valence-corrected chi connectivity index (χ1v) is 12.5. The minimum atomic E-state index is -1.03. The van der Waals surface area contributed by atoms with Crippen molar-refractivity contribution >= 4 is 12.2 Å². The van der Waals surface area contributed by atoms with Crippen LogP contribution in [0.3, 0.4) is 0 Å². The average molecular weight is 497 g/mol. The van der Waals surface area contributed by atoms with Gasteiger partial charge in [0.2, 0.25) is 0 Å². The van der Waals surface area contributed by atoms with E-state index in [4.69, 9.17) is 23.7 Å². The van der Waals surface area contributed by atoms with Crippen LogP contribution < -0.4 is 5.32 Å². The zero-order valence-corrected chi connectivity index (χ0v) is 21.7. The predicted molar refractivity (Wildman–Crippen MR) is 126 cm³/mol. The van der Waals surface area contributed by atoms with Crippen LogP contribution in [0.4, 0.5) is 9.59 Å². The summed E-state index contributed by atoms with van der Waals surface area (Å²) in [6, 6.07) is 0. The first-order chi connectivity index (χ1) is 16.4. The SMILES string of the molecule is CO[C@H]1C([C@@]2(C)O[C@@H]2CC=C(C)C)[C@]2(CC[C@H]1OC(=O)N1CC(OC(=O)NCC(C)(C)O)C1)CO2. The summed E-state index contributed by atoms with van der Waals surface area (Å²) in [5, 5.41) is 12.2. The van der Waals surface area contributed by atoms with Crippen LogP contribution in [-0.2, 0) is 23.7 Å². The minimum Gasteiger partial charge on any atom is -0.443 e. The molecule has 3 heterocycles. The van der Waals surface area contributed by atoms with Crippen molar-refractivity contribution in [2.45, 2.75) is 95.1 Å². The summed E-state index contributed by atoms with van der Waals surface area (Å²) in [4.78, 5) is 26.2. The summed E-state index contributed by atoms with van der Waals surface area (Å²) in [6.45, 7) is 10.7. The molecule has 1 unspecified atom stereocenters. The number of rotatable bonds is 8. The molecule has 2 amide bonds. The Morgan fingerprint density at radius 1 is 1.26 bits per heavy atom. The number of alkyl carbamates (subject to hydrolysis) is 1. The molecular formula is C25H40N2O8. The molecule has 2 N–H and O–H groups in total. The molecule has 0 radical (unpaired) electrons. The fraction of sp³-hybridized carbons (Fsp3) is 0.840. The molecule has 4 fully saturated rings. The standard InChI is InChI=1S/C25H40N2O8/c1-15(2)7-8-18-24(5,35-18)20-19(31-6)17(9-10-25(20)14-32-25)34-22(29)27-11-16(12-27)33-21(28)26-13-23(3,4)30/h7,16-20,30H,8-14H2,1-6H3,(H,26,28)/t17-,18-,19-,20?,24+,25+/m1/s1. The molecule has 0 bridgehead atoms. The zero-order valence-electron chi connectivity index (χ0n) is 21.7. The van der Waals surface area contributed by atoms with Crippen molar-refractivity contribution in [2.24, 2.45) is 5.92 Å². The Morgan fingerprint density at radius 2 is 1.94 bits per heavy atom. The second-order valence-corrected chi connectivity index (χ2v) is 11.4. The number of ether oxygens (including phenoxy) is 5. The summed E-state index contributed by atoms with van der Waals surface area (Å²) in [6.07, 6.45) is 2.35. The van der Waals surface area contributed by atoms with Crippen LogP contribution in [0, 0.1) is 5.92 Å². The van der Waals surface area contributed by atoms with E-state index in [1.54, 1.807) is 21.0 Å². The van der Waals surface area contributed by atoms with Gasteiger partial charge in [0.15, 0.2) is 0 Å². The van der Waals surface area contributed by atoms with Gasteiger partial charge in [-0.3, -0.25) is 0 Å². The van der Waals surface area contributed by atoms with Gasteiger partial charge in [0.05, 0.1) is 37.3 Å². The lowest BCUT2D eigenvalue weighted by atomic mass is 9.68. The second kappa shape index (κ2) is 9.53. The topological polar surface area (TPSA) is 122 Å². The molecule has 35 heavy (non-hydrogen) atoms. The highest BCUT2D eigenvalue weighted by Gasteiger charge is 2.72. The summed E-state index contributed by atoms with van der Waals surface area (Å²) >= 11 is 0. The smallest absolute Gasteiger partial charge is 0.410 e. The number of aliphatic hydroxyl groups is 1. The summed E-state index contributed by atoms with van der Waals surface area (Å²) in [5.41, 5.74) is -0.432. The molecule has 0 aromatic heterocycles. The van der Waals surface area contributed by atoms with Crippen LogP contribution in [0.15, 0.2) is 11.6 Å². The Labute approximate surface area is 207 Å². The molecule has 3 aliphatic heterocycles. The number of carbonyl (C=O) groups excluding carboxylic acids is 2. The number of hydrogen-bond donors (Lipinski definition) is 2. The van der Waals surface area contributed by atoms with Crippen LogP contribution in [0.5, 0.6) is 0 Å². The summed E-state index contributed by atoms with van der Waals surface area (Å²) in [5.74, 6) is -0.0333. The van der Waals surface area contributed by atoms with Crippen LogP contribution in [0.1, 0.15) is 53.9 Å². The van der Waals surface area contributed by atoms with Crippen molar-refractivity contribution in [3.05, 3.63) is 11.6 Å². The maximum Gasteiger partial charge on any atom is 0.410 e. The highest BCUT2D eigenvalue weighted by Crippen LogP contribution is 2.59. The largest absolute Gasteiger partial charge is 0.443 e. The lowest BCUT2D eigenvalue weighted by molar-refractivity contribution is -0.126. The van der Waals surface area contributed by atoms with Gasteiger partial charge in [-0.05, 0) is 53.9 Å². The van der Waals surface area contributed by atoms with E-state index in [2.05, 4.69) is 32.2 Å². The van der Waals surface area contributed by atoms with Gasteiger partial charge in [-0.1, -0.05) is 11.6 Å². The van der Waals surface area contributed by atoms with Crippen molar-refractivity contribution in [2.75, 3.05) is 33.4 Å². The third-order valence-corrected chi connectivity index (χ3v) is 7.53. The van der Waals surface area contributed by atoms with E-state index >= 15 is 0 Å². The van der Waals surface area contributed by atoms with E-state index in [0.29, 0.717) is 13.0 Å². The van der Waals surface area contributed by atoms with Gasteiger partial charge in [-0.15, -0.1) is 0 Å². The van der Waals surface area contributed by atoms with E-state index in [1.165, 1.54) is 10.5 Å². The number of epoxide rings is 2. The molecule has 10 nitrogen and oxygen atoms in total. The molecule has 1 spiro atoms. The van der Waals surface area contributed by atoms with E-state index in [-0.39, 0.29) is 49.0 Å². The molecule has 198 valence electrons. The Bertz CT molecular complexity index is 841. The van der Waals surface area contributed by atoms with Crippen molar-refractivity contribution in [1.82, 2.24) is 10.2 Å². The Hall–Kier alpha value is -1.88. The highest BCUT2D eigenvalue weighted by molar-refractivity contribution is 5.70. The number of hydrogen-bond acceptors (Lipinski definition) is 8. The predicted octanol–water partition coefficient (Wildman–Crippen LogP) is 2.38. The van der Waals surface area contributed by atoms with Gasteiger partial charge in [-0.25, -0.2) is 9.59 Å². The van der Waals surface area contributed by atoms with Gasteiger partial charge in [0.1, 0.15) is 29.5 Å². The number of nitrogens with one attached hydrogen (secondary N) is 1. The molecule has 1 aliphatic carbocycles. The van der Waals surface area contributed by atoms with E-state index in [1.807, 2.05) is 0 Å². The molecule has 0 aromatic rings. The molecular weight excluding hydrogens is 456 g/mol. The van der Waals surface area contributed by atoms with Crippen LogP contribution in [-0.4, -0.2) is 96.8 Å². The molecule has 1 saturated carbocycles. The Balaban J connectivity index is 1.30. The van der Waals surface area contributed by atoms with Crippen molar-refractivity contribution in [1.29, 1.82) is 0 Å². The molecule has 6 atom stereocenters. The zero-order chi connectivity index (χ0) is 25.6. The minimum absolute atomic E-state index is 0.0333. The van der Waals surface area contributed by atoms with Gasteiger partial charge < -0.3 is 39.0 Å². The van der Waals surface area contributed by atoms with E-state index < -0.39 is 30.0 Å². The van der Waals surface area contributed by atoms with Crippen LogP contribution in [0.2, 0.25) is 0 Å². The highest BCUT2D eigenvalue weighted by atomic mass is 16.6. The number of carbonyl (C=O) groups is 2. The molecule has 10 heteroatoms. The third kappa shape index (κ3) is 5.76. The molecule has 4 aliphatic rings. The quantitative estimate of drug-likeness (QED) is 0.388. The molecule has 0 aromatic carbocycles. The molecule has 3 saturated heterocycles. The second-order valence-electron chi connectivity index (χ2n) is 11.4. The number of amides is 2. The van der Waals surface area contributed by atoms with E-state index in [0.717, 1.165) is 12.8 Å². The van der Waals surface area contributed by atoms with Crippen LogP contribution >= 0.6 is 0 Å². The van der Waals surface area contributed by atoms with Gasteiger partial charge in [-0.2, -0.15) is 0 Å². The maximum absolute atomic E-state index is 12.8. The lowest BCUT2D eigenvalue weighted by Crippen LogP contribution is -2.59. The van der Waals surface area contributed by atoms with Crippen molar-refractivity contribution in [3.63, 3.8) is 0 Å². The first-order valence-electron chi connectivity index (χ1n) is 12.5. The first kappa shape index (κ1) is 26.2. The number of allylic oxidation sites excluding steroid dienone is 1. The Kier molecular flexibility index (Phi) is 7.13. The van der Waals surface area contributed by atoms with Crippen molar-refractivity contribution < 1.29 is 38.4 Å². The number of methoxy groups -OCH3 is 1. The average Bonchev–Trinajstić information content (AvgIpc) is 3.65. The monoisotopic (exact) mass is 496 g/mol. The maximum atomic E-state index is 12.8. The van der Waals surface area contributed by atoms with Crippen LogP contribution in [0.25, 0.3) is 0 Å². The van der Waals surface area contributed by atoms with Crippen molar-refractivity contribution in [3.8, 4) is 0 Å². The lowest BCUT2D eigenvalue weighted by Gasteiger charge is -2.44. The summed E-state index contributed by atoms with van der Waals surface area (Å²) in [7, 11) is 1.65. The van der Waals surface area contributed by atoms with Gasteiger partial charge in [0.25, 0.3) is 0 Å². The van der Waals surface area contributed by atoms with Gasteiger partial charge >= 0.3 is 12.2 Å². The third-order valence-electron chi connectivity index (χ3n) is 7.53. The number of nitrogens with zero attached hydrogens (tertiary/aromatic N) is 1. The number of likely N-dealkylation sites (tertiary alicyclic amines) is 1. The van der Waals surface area contributed by atoms with Gasteiger partial charge in [0, 0.05) is 13.7 Å². The fourth-order valence-corrected chi connectivity index (χ4v) is 5.42. The normalized spacial score (nSPS) is 36.3. The Morgan fingerprint density at radius 3 is 2.51 bits per heavy atom.